The molecule has 15 heavy (non-hydrogen) atoms. The molecule has 0 heterocycles. The Hall–Kier alpha value is -0.470. The minimum Gasteiger partial charge on any atom is -0.391 e. The lowest BCUT2D eigenvalue weighted by Gasteiger charge is -2.14. The van der Waals surface area contributed by atoms with Gasteiger partial charge in [0.05, 0.1) is 25.1 Å². The summed E-state index contributed by atoms with van der Waals surface area (Å²) in [5.74, 6) is -0.564. The molecule has 0 aromatic heterocycles. The summed E-state index contributed by atoms with van der Waals surface area (Å²) in [6.45, 7) is 3.79. The third kappa shape index (κ3) is 9.83. The van der Waals surface area contributed by atoms with E-state index in [9.17, 15) is 13.5 Å². The summed E-state index contributed by atoms with van der Waals surface area (Å²) in [5.41, 5.74) is 5.39. The van der Waals surface area contributed by atoms with Crippen LogP contribution in [0.4, 0.5) is 0 Å². The third-order valence-corrected chi connectivity index (χ3v) is 2.39. The lowest BCUT2D eigenvalue weighted by atomic mass is 10.1. The van der Waals surface area contributed by atoms with Crippen LogP contribution in [0, 0.1) is 0 Å². The quantitative estimate of drug-likeness (QED) is 0.289. The van der Waals surface area contributed by atoms with Crippen LogP contribution < -0.4 is 5.73 Å². The van der Waals surface area contributed by atoms with Gasteiger partial charge in [0.1, 0.15) is 0 Å². The molecule has 0 aromatic carbocycles. The molecule has 2 unspecified atom stereocenters. The van der Waals surface area contributed by atoms with Gasteiger partial charge in [0.2, 0.25) is 0 Å². The number of nitrogens with two attached hydrogens (primary N) is 1. The molecule has 0 aromatic rings. The fraction of sp³-hybridized carbons (Fsp3) is 0.750. The largest absolute Gasteiger partial charge is 0.391 e. The molecule has 90 valence electrons. The zero-order chi connectivity index (χ0) is 11.9. The molecule has 0 radical (unpaired) electrons. The van der Waals surface area contributed by atoms with E-state index in [-0.39, 0.29) is 13.0 Å². The first kappa shape index (κ1) is 14.5. The number of aliphatic hydroxyl groups excluding tert-OH is 1. The zero-order valence-corrected chi connectivity index (χ0v) is 9.19. The molecule has 0 aliphatic rings. The highest BCUT2D eigenvalue weighted by Crippen LogP contribution is 2.00. The van der Waals surface area contributed by atoms with Gasteiger partial charge in [-0.3, -0.25) is 4.55 Å². The van der Waals surface area contributed by atoms with Crippen molar-refractivity contribution < 1.29 is 22.8 Å². The average Bonchev–Trinajstić information content (AvgIpc) is 2.00. The summed E-state index contributed by atoms with van der Waals surface area (Å²) < 4.78 is 34.3. The standard InChI is InChI=1S/C8H17NO5S/c1-2-3-14-5-8(10)4-7(9)6-15(11,12)13/h2,7-8,10H,1,3-6,9H2,(H,11,12,13). The lowest BCUT2D eigenvalue weighted by molar-refractivity contribution is 0.0419. The van der Waals surface area contributed by atoms with E-state index in [2.05, 4.69) is 6.58 Å². The molecule has 0 bridgehead atoms. The smallest absolute Gasteiger partial charge is 0.266 e. The monoisotopic (exact) mass is 239 g/mol. The van der Waals surface area contributed by atoms with Crippen LogP contribution in [0.25, 0.3) is 0 Å². The Morgan fingerprint density at radius 1 is 1.53 bits per heavy atom. The van der Waals surface area contributed by atoms with Gasteiger partial charge in [-0.15, -0.1) is 6.58 Å². The molecule has 0 fully saturated rings. The van der Waals surface area contributed by atoms with Crippen LogP contribution in [0.5, 0.6) is 0 Å². The van der Waals surface area contributed by atoms with Crippen molar-refractivity contribution in [3.63, 3.8) is 0 Å². The molecule has 0 saturated heterocycles. The fourth-order valence-electron chi connectivity index (χ4n) is 1.04. The number of hydrogen-bond acceptors (Lipinski definition) is 5. The summed E-state index contributed by atoms with van der Waals surface area (Å²) >= 11 is 0. The minimum atomic E-state index is -4.09. The van der Waals surface area contributed by atoms with Crippen molar-refractivity contribution in [2.45, 2.75) is 18.6 Å². The maximum atomic E-state index is 10.4. The topological polar surface area (TPSA) is 110 Å². The van der Waals surface area contributed by atoms with Crippen molar-refractivity contribution in [2.75, 3.05) is 19.0 Å². The Labute approximate surface area is 89.5 Å². The molecule has 2 atom stereocenters. The third-order valence-electron chi connectivity index (χ3n) is 1.55. The van der Waals surface area contributed by atoms with Crippen molar-refractivity contribution in [3.8, 4) is 0 Å². The van der Waals surface area contributed by atoms with Gasteiger partial charge in [-0.25, -0.2) is 0 Å². The predicted molar refractivity (Wildman–Crippen MR) is 56.0 cm³/mol. The first-order valence-electron chi connectivity index (χ1n) is 4.42. The maximum Gasteiger partial charge on any atom is 0.266 e. The highest BCUT2D eigenvalue weighted by atomic mass is 32.2. The Bertz CT molecular complexity index is 277. The SMILES string of the molecule is C=CCOCC(O)CC(N)CS(=O)(=O)O. The second-order valence-electron chi connectivity index (χ2n) is 3.22. The van der Waals surface area contributed by atoms with Gasteiger partial charge >= 0.3 is 0 Å². The van der Waals surface area contributed by atoms with Crippen LogP contribution in [-0.2, 0) is 14.9 Å². The van der Waals surface area contributed by atoms with Crippen LogP contribution in [0.1, 0.15) is 6.42 Å². The van der Waals surface area contributed by atoms with E-state index in [4.69, 9.17) is 15.0 Å². The van der Waals surface area contributed by atoms with Gasteiger partial charge in [-0.05, 0) is 6.42 Å². The molecular formula is C8H17NO5S. The Balaban J connectivity index is 3.75. The van der Waals surface area contributed by atoms with Gasteiger partial charge in [0.15, 0.2) is 0 Å². The highest BCUT2D eigenvalue weighted by molar-refractivity contribution is 7.85. The van der Waals surface area contributed by atoms with Crippen LogP contribution in [0.2, 0.25) is 0 Å². The minimum absolute atomic E-state index is 0.0525. The summed E-state index contributed by atoms with van der Waals surface area (Å²) in [6.07, 6.45) is 0.739. The number of ether oxygens (including phenoxy) is 1. The molecule has 0 aliphatic carbocycles. The first-order valence-corrected chi connectivity index (χ1v) is 6.03. The molecule has 7 heteroatoms. The normalized spacial score (nSPS) is 15.9. The molecule has 0 amide bonds. The van der Waals surface area contributed by atoms with E-state index < -0.39 is 28.0 Å². The molecule has 0 saturated carbocycles. The van der Waals surface area contributed by atoms with E-state index >= 15 is 0 Å². The van der Waals surface area contributed by atoms with Gasteiger partial charge in [-0.2, -0.15) is 8.42 Å². The Morgan fingerprint density at radius 3 is 2.60 bits per heavy atom. The van der Waals surface area contributed by atoms with Gasteiger partial charge in [-0.1, -0.05) is 6.08 Å². The van der Waals surface area contributed by atoms with Crippen molar-refractivity contribution in [3.05, 3.63) is 12.7 Å². The second-order valence-corrected chi connectivity index (χ2v) is 4.72. The Kier molecular flexibility index (Phi) is 6.70. The number of rotatable bonds is 8. The maximum absolute atomic E-state index is 10.4. The zero-order valence-electron chi connectivity index (χ0n) is 8.37. The van der Waals surface area contributed by atoms with Crippen molar-refractivity contribution in [1.82, 2.24) is 0 Å². The number of hydrogen-bond donors (Lipinski definition) is 3. The second kappa shape index (κ2) is 6.91. The summed E-state index contributed by atoms with van der Waals surface area (Å²) in [6, 6.07) is -0.803. The molecule has 0 spiro atoms. The van der Waals surface area contributed by atoms with Crippen molar-refractivity contribution in [2.24, 2.45) is 5.73 Å². The summed E-state index contributed by atoms with van der Waals surface area (Å²) in [4.78, 5) is 0. The van der Waals surface area contributed by atoms with E-state index in [1.54, 1.807) is 0 Å². The van der Waals surface area contributed by atoms with Crippen molar-refractivity contribution >= 4 is 10.1 Å². The van der Waals surface area contributed by atoms with Crippen LogP contribution in [0.15, 0.2) is 12.7 Å². The molecule has 0 aliphatic heterocycles. The average molecular weight is 239 g/mol. The molecule has 4 N–H and O–H groups in total. The lowest BCUT2D eigenvalue weighted by Crippen LogP contribution is -2.34. The molecular weight excluding hydrogens is 222 g/mol. The first-order chi connectivity index (χ1) is 6.85. The molecule has 0 rings (SSSR count). The Morgan fingerprint density at radius 2 is 2.13 bits per heavy atom. The van der Waals surface area contributed by atoms with Crippen LogP contribution in [0.3, 0.4) is 0 Å². The predicted octanol–water partition coefficient (Wildman–Crippen LogP) is -0.845. The van der Waals surface area contributed by atoms with E-state index in [0.717, 1.165) is 0 Å². The van der Waals surface area contributed by atoms with Gasteiger partial charge in [0, 0.05) is 6.04 Å². The van der Waals surface area contributed by atoms with Crippen LogP contribution in [-0.4, -0.2) is 49.2 Å². The highest BCUT2D eigenvalue weighted by Gasteiger charge is 2.16. The van der Waals surface area contributed by atoms with Gasteiger partial charge < -0.3 is 15.6 Å². The number of aliphatic hydroxyl groups is 1. The summed E-state index contributed by atoms with van der Waals surface area (Å²) in [5, 5.41) is 9.33. The van der Waals surface area contributed by atoms with Crippen molar-refractivity contribution in [1.29, 1.82) is 0 Å². The van der Waals surface area contributed by atoms with E-state index in [1.807, 2.05) is 0 Å². The van der Waals surface area contributed by atoms with Crippen LogP contribution >= 0.6 is 0 Å². The fourth-order valence-corrected chi connectivity index (χ4v) is 1.72. The van der Waals surface area contributed by atoms with Gasteiger partial charge in [0.25, 0.3) is 10.1 Å². The van der Waals surface area contributed by atoms with E-state index in [1.165, 1.54) is 6.08 Å². The molecule has 6 nitrogen and oxygen atoms in total. The van der Waals surface area contributed by atoms with E-state index in [0.29, 0.717) is 6.61 Å². The summed E-state index contributed by atoms with van der Waals surface area (Å²) in [7, 11) is -4.09.